The smallest absolute Gasteiger partial charge is 0.244 e. The average Bonchev–Trinajstić information content (AvgIpc) is 3.09. The number of nitrogens with one attached hydrogen (secondary N) is 3. The van der Waals surface area contributed by atoms with Crippen molar-refractivity contribution in [2.24, 2.45) is 11.3 Å². The highest BCUT2D eigenvalue weighted by Gasteiger charge is 2.31. The number of halogens is 2. The van der Waals surface area contributed by atoms with E-state index in [2.05, 4.69) is 16.0 Å². The van der Waals surface area contributed by atoms with Crippen LogP contribution in [0, 0.1) is 11.3 Å². The Morgan fingerprint density at radius 1 is 1.25 bits per heavy atom. The standard InChI is InChI=1S/C23H29Cl2N3O4/c1-23(2,3)12-19(22(32)27-17(13-29)10-15-8-9-26-21(15)31)28-20(30)7-5-14-4-6-16(24)11-18(14)25/h4-7,11,13,15,17,19H,8-10,12H2,1-3H3,(H,26,31)(H,27,32)(H,28,30)/b7-5+/t15-,17?,19?/m0/s1. The van der Waals surface area contributed by atoms with E-state index in [0.717, 1.165) is 0 Å². The number of hydrogen-bond acceptors (Lipinski definition) is 4. The van der Waals surface area contributed by atoms with Gasteiger partial charge in [0.15, 0.2) is 0 Å². The van der Waals surface area contributed by atoms with Crippen molar-refractivity contribution in [3.8, 4) is 0 Å². The first-order valence-electron chi connectivity index (χ1n) is 10.5. The molecule has 1 aromatic rings. The molecular formula is C23H29Cl2N3O4. The summed E-state index contributed by atoms with van der Waals surface area (Å²) in [7, 11) is 0. The Kier molecular flexibility index (Phi) is 9.28. The number of aldehydes is 1. The van der Waals surface area contributed by atoms with Gasteiger partial charge in [-0.1, -0.05) is 50.0 Å². The van der Waals surface area contributed by atoms with Gasteiger partial charge in [0.1, 0.15) is 12.3 Å². The monoisotopic (exact) mass is 481 g/mol. The number of benzene rings is 1. The summed E-state index contributed by atoms with van der Waals surface area (Å²) >= 11 is 12.0. The lowest BCUT2D eigenvalue weighted by atomic mass is 9.87. The van der Waals surface area contributed by atoms with Crippen LogP contribution in [0.5, 0.6) is 0 Å². The van der Waals surface area contributed by atoms with Gasteiger partial charge in [-0.05, 0) is 48.4 Å². The maximum absolute atomic E-state index is 12.9. The van der Waals surface area contributed by atoms with Crippen LogP contribution in [-0.2, 0) is 19.2 Å². The molecule has 2 rings (SSSR count). The summed E-state index contributed by atoms with van der Waals surface area (Å²) in [5.74, 6) is -1.37. The van der Waals surface area contributed by atoms with Crippen LogP contribution in [0.15, 0.2) is 24.3 Å². The highest BCUT2D eigenvalue weighted by Crippen LogP contribution is 2.23. The van der Waals surface area contributed by atoms with Gasteiger partial charge in [0.25, 0.3) is 0 Å². The zero-order valence-electron chi connectivity index (χ0n) is 18.4. The summed E-state index contributed by atoms with van der Waals surface area (Å²) in [5.41, 5.74) is 0.347. The van der Waals surface area contributed by atoms with Crippen LogP contribution in [0.25, 0.3) is 6.08 Å². The quantitative estimate of drug-likeness (QED) is 0.372. The first kappa shape index (κ1) is 25.9. The van der Waals surface area contributed by atoms with Crippen molar-refractivity contribution in [1.82, 2.24) is 16.0 Å². The third kappa shape index (κ3) is 8.28. The summed E-state index contributed by atoms with van der Waals surface area (Å²) < 4.78 is 0. The van der Waals surface area contributed by atoms with Gasteiger partial charge in [-0.25, -0.2) is 0 Å². The van der Waals surface area contributed by atoms with Crippen LogP contribution in [0.1, 0.15) is 45.6 Å². The van der Waals surface area contributed by atoms with E-state index in [1.165, 1.54) is 12.2 Å². The molecule has 0 aliphatic carbocycles. The first-order chi connectivity index (χ1) is 15.0. The molecule has 2 unspecified atom stereocenters. The predicted molar refractivity (Wildman–Crippen MR) is 125 cm³/mol. The normalized spacial score (nSPS) is 18.2. The fourth-order valence-electron chi connectivity index (χ4n) is 3.45. The highest BCUT2D eigenvalue weighted by atomic mass is 35.5. The van der Waals surface area contributed by atoms with E-state index in [0.29, 0.717) is 41.3 Å². The number of amides is 3. The molecule has 1 saturated heterocycles. The van der Waals surface area contributed by atoms with E-state index in [4.69, 9.17) is 23.2 Å². The SMILES string of the molecule is CC(C)(C)CC(NC(=O)/C=C/c1ccc(Cl)cc1Cl)C(=O)NC(C=O)C[C@@H]1CCNC1=O. The Morgan fingerprint density at radius 3 is 2.53 bits per heavy atom. The zero-order chi connectivity index (χ0) is 23.9. The number of carbonyl (C=O) groups is 4. The molecule has 1 aliphatic rings. The van der Waals surface area contributed by atoms with Crippen LogP contribution in [-0.4, -0.2) is 42.6 Å². The molecule has 3 amide bonds. The van der Waals surface area contributed by atoms with Gasteiger partial charge >= 0.3 is 0 Å². The largest absolute Gasteiger partial charge is 0.356 e. The Bertz CT molecular complexity index is 896. The summed E-state index contributed by atoms with van der Waals surface area (Å²) in [4.78, 5) is 48.7. The molecule has 9 heteroatoms. The second kappa shape index (κ2) is 11.5. The number of carbonyl (C=O) groups excluding carboxylic acids is 4. The fraction of sp³-hybridized carbons (Fsp3) is 0.478. The average molecular weight is 482 g/mol. The molecule has 1 fully saturated rings. The summed E-state index contributed by atoms with van der Waals surface area (Å²) in [6.07, 6.45) is 4.66. The highest BCUT2D eigenvalue weighted by molar-refractivity contribution is 6.35. The minimum absolute atomic E-state index is 0.114. The van der Waals surface area contributed by atoms with Gasteiger partial charge in [-0.3, -0.25) is 14.4 Å². The van der Waals surface area contributed by atoms with E-state index < -0.39 is 23.9 Å². The molecule has 32 heavy (non-hydrogen) atoms. The Balaban J connectivity index is 2.06. The van der Waals surface area contributed by atoms with Crippen molar-refractivity contribution in [3.63, 3.8) is 0 Å². The van der Waals surface area contributed by atoms with E-state index in [1.807, 2.05) is 20.8 Å². The molecule has 1 aromatic carbocycles. The summed E-state index contributed by atoms with van der Waals surface area (Å²) in [6, 6.07) is 3.25. The van der Waals surface area contributed by atoms with Crippen molar-refractivity contribution in [3.05, 3.63) is 39.9 Å². The van der Waals surface area contributed by atoms with E-state index in [-0.39, 0.29) is 23.7 Å². The summed E-state index contributed by atoms with van der Waals surface area (Å²) in [6.45, 7) is 6.41. The van der Waals surface area contributed by atoms with Gasteiger partial charge in [0, 0.05) is 28.6 Å². The third-order valence-corrected chi connectivity index (χ3v) is 5.58. The van der Waals surface area contributed by atoms with Crippen LogP contribution in [0.2, 0.25) is 10.0 Å². The molecule has 0 radical (unpaired) electrons. The lowest BCUT2D eigenvalue weighted by molar-refractivity contribution is -0.130. The van der Waals surface area contributed by atoms with Crippen molar-refractivity contribution < 1.29 is 19.2 Å². The van der Waals surface area contributed by atoms with Gasteiger partial charge < -0.3 is 20.7 Å². The minimum atomic E-state index is -0.854. The molecule has 1 heterocycles. The van der Waals surface area contributed by atoms with Gasteiger partial charge in [0.2, 0.25) is 17.7 Å². The van der Waals surface area contributed by atoms with Crippen LogP contribution < -0.4 is 16.0 Å². The van der Waals surface area contributed by atoms with Crippen LogP contribution in [0.4, 0.5) is 0 Å². The third-order valence-electron chi connectivity index (χ3n) is 5.02. The van der Waals surface area contributed by atoms with E-state index in [1.54, 1.807) is 18.2 Å². The maximum atomic E-state index is 12.9. The molecule has 3 atom stereocenters. The number of hydrogen-bond donors (Lipinski definition) is 3. The molecule has 3 N–H and O–H groups in total. The Hall–Kier alpha value is -2.38. The maximum Gasteiger partial charge on any atom is 0.244 e. The molecule has 7 nitrogen and oxygen atoms in total. The van der Waals surface area contributed by atoms with Crippen molar-refractivity contribution in [2.75, 3.05) is 6.54 Å². The first-order valence-corrected chi connectivity index (χ1v) is 11.2. The Morgan fingerprint density at radius 2 is 1.97 bits per heavy atom. The molecule has 0 aromatic heterocycles. The molecule has 0 saturated carbocycles. The predicted octanol–water partition coefficient (Wildman–Crippen LogP) is 3.14. The molecular weight excluding hydrogens is 453 g/mol. The molecule has 1 aliphatic heterocycles. The summed E-state index contributed by atoms with van der Waals surface area (Å²) in [5, 5.41) is 8.97. The zero-order valence-corrected chi connectivity index (χ0v) is 19.9. The minimum Gasteiger partial charge on any atom is -0.356 e. The lowest BCUT2D eigenvalue weighted by Gasteiger charge is -2.27. The van der Waals surface area contributed by atoms with Gasteiger partial charge in [-0.15, -0.1) is 0 Å². The van der Waals surface area contributed by atoms with E-state index >= 15 is 0 Å². The molecule has 0 spiro atoms. The fourth-order valence-corrected chi connectivity index (χ4v) is 3.92. The van der Waals surface area contributed by atoms with Crippen molar-refractivity contribution in [2.45, 2.75) is 52.1 Å². The molecule has 174 valence electrons. The van der Waals surface area contributed by atoms with Crippen LogP contribution >= 0.6 is 23.2 Å². The lowest BCUT2D eigenvalue weighted by Crippen LogP contribution is -2.51. The Labute approximate surface area is 198 Å². The van der Waals surface area contributed by atoms with Crippen molar-refractivity contribution in [1.29, 1.82) is 0 Å². The van der Waals surface area contributed by atoms with Crippen molar-refractivity contribution >= 4 is 53.3 Å². The van der Waals surface area contributed by atoms with Gasteiger partial charge in [0.05, 0.1) is 6.04 Å². The van der Waals surface area contributed by atoms with Gasteiger partial charge in [-0.2, -0.15) is 0 Å². The molecule has 0 bridgehead atoms. The van der Waals surface area contributed by atoms with Crippen LogP contribution in [0.3, 0.4) is 0 Å². The second-order valence-electron chi connectivity index (χ2n) is 9.09. The second-order valence-corrected chi connectivity index (χ2v) is 9.93. The number of rotatable bonds is 9. The topological polar surface area (TPSA) is 104 Å². The van der Waals surface area contributed by atoms with E-state index in [9.17, 15) is 19.2 Å².